The summed E-state index contributed by atoms with van der Waals surface area (Å²) in [5, 5.41) is 7.16. The predicted octanol–water partition coefficient (Wildman–Crippen LogP) is 2.82. The molecular weight excluding hydrogens is 351 g/mol. The number of aryl methyl sites for hydroxylation is 2. The maximum absolute atomic E-state index is 12.1. The molecule has 0 aliphatic rings. The van der Waals surface area contributed by atoms with E-state index < -0.39 is 6.36 Å². The Kier molecular flexibility index (Phi) is 5.96. The summed E-state index contributed by atoms with van der Waals surface area (Å²) in [6, 6.07) is 5.18. The Morgan fingerprint density at radius 3 is 2.50 bits per heavy atom. The van der Waals surface area contributed by atoms with Crippen LogP contribution in [0.25, 0.3) is 0 Å². The first-order valence-electron chi connectivity index (χ1n) is 7.75. The number of alkyl halides is 3. The minimum absolute atomic E-state index is 0.113. The van der Waals surface area contributed by atoms with Crippen molar-refractivity contribution in [3.63, 3.8) is 0 Å². The highest BCUT2D eigenvalue weighted by molar-refractivity contribution is 5.92. The summed E-state index contributed by atoms with van der Waals surface area (Å²) in [6.07, 6.45) is -4.01. The molecule has 142 valence electrons. The van der Waals surface area contributed by atoms with Gasteiger partial charge >= 0.3 is 6.36 Å². The van der Waals surface area contributed by atoms with E-state index in [1.54, 1.807) is 18.8 Å². The first-order valence-corrected chi connectivity index (χ1v) is 7.75. The van der Waals surface area contributed by atoms with E-state index in [0.29, 0.717) is 11.6 Å². The van der Waals surface area contributed by atoms with E-state index in [1.807, 2.05) is 6.92 Å². The van der Waals surface area contributed by atoms with Crippen LogP contribution in [0, 0.1) is 0 Å². The number of halogens is 3. The van der Waals surface area contributed by atoms with Crippen molar-refractivity contribution in [3.8, 4) is 11.6 Å². The summed E-state index contributed by atoms with van der Waals surface area (Å²) in [5.41, 5.74) is 8.01. The van der Waals surface area contributed by atoms with Gasteiger partial charge in [0.2, 0.25) is 5.88 Å². The van der Waals surface area contributed by atoms with Crippen molar-refractivity contribution in [1.29, 1.82) is 0 Å². The standard InChI is InChI=1S/C16H20F3N5O2/c1-4-13-12(14(25-3)24(2)23-13)9-21-15(20)22-10-5-7-11(8-6-10)26-16(17,18)19/h5-8H,4,9H2,1-3H3,(H3,20,21,22). The molecule has 0 saturated heterocycles. The molecule has 0 spiro atoms. The summed E-state index contributed by atoms with van der Waals surface area (Å²) in [5.74, 6) is 0.403. The first-order chi connectivity index (χ1) is 12.2. The molecule has 0 amide bonds. The maximum atomic E-state index is 12.1. The van der Waals surface area contributed by atoms with Crippen molar-refractivity contribution in [3.05, 3.63) is 35.5 Å². The van der Waals surface area contributed by atoms with Crippen molar-refractivity contribution < 1.29 is 22.6 Å². The van der Waals surface area contributed by atoms with Crippen LogP contribution < -0.4 is 20.5 Å². The van der Waals surface area contributed by atoms with Crippen LogP contribution in [-0.4, -0.2) is 29.2 Å². The van der Waals surface area contributed by atoms with Gasteiger partial charge in [0.05, 0.1) is 24.9 Å². The number of aromatic nitrogens is 2. The zero-order chi connectivity index (χ0) is 19.3. The van der Waals surface area contributed by atoms with Crippen LogP contribution in [0.15, 0.2) is 29.3 Å². The predicted molar refractivity (Wildman–Crippen MR) is 91.2 cm³/mol. The molecule has 0 unspecified atom stereocenters. The molecule has 0 saturated carbocycles. The number of ether oxygens (including phenoxy) is 2. The Morgan fingerprint density at radius 2 is 1.96 bits per heavy atom. The van der Waals surface area contributed by atoms with Gasteiger partial charge in [0, 0.05) is 12.7 Å². The van der Waals surface area contributed by atoms with Crippen molar-refractivity contribution in [2.24, 2.45) is 17.8 Å². The van der Waals surface area contributed by atoms with Crippen LogP contribution >= 0.6 is 0 Å². The summed E-state index contributed by atoms with van der Waals surface area (Å²) < 4.78 is 47.2. The first kappa shape index (κ1) is 19.4. The fourth-order valence-electron chi connectivity index (χ4n) is 2.40. The van der Waals surface area contributed by atoms with Crippen molar-refractivity contribution >= 4 is 11.6 Å². The molecule has 0 atom stereocenters. The molecule has 0 aliphatic carbocycles. The number of guanidine groups is 1. The molecule has 0 aliphatic heterocycles. The van der Waals surface area contributed by atoms with Crippen LogP contribution in [0.5, 0.6) is 11.6 Å². The van der Waals surface area contributed by atoms with E-state index in [-0.39, 0.29) is 18.3 Å². The molecule has 0 radical (unpaired) electrons. The Labute approximate surface area is 148 Å². The fraction of sp³-hybridized carbons (Fsp3) is 0.375. The number of rotatable bonds is 6. The molecule has 10 heteroatoms. The zero-order valence-corrected chi connectivity index (χ0v) is 14.6. The van der Waals surface area contributed by atoms with E-state index in [4.69, 9.17) is 10.5 Å². The molecule has 2 rings (SSSR count). The lowest BCUT2D eigenvalue weighted by atomic mass is 10.2. The van der Waals surface area contributed by atoms with E-state index >= 15 is 0 Å². The lowest BCUT2D eigenvalue weighted by Gasteiger charge is -2.10. The summed E-state index contributed by atoms with van der Waals surface area (Å²) in [6.45, 7) is 2.23. The van der Waals surface area contributed by atoms with Gasteiger partial charge < -0.3 is 20.5 Å². The maximum Gasteiger partial charge on any atom is 0.573 e. The summed E-state index contributed by atoms with van der Waals surface area (Å²) in [4.78, 5) is 4.24. The number of benzene rings is 1. The van der Waals surface area contributed by atoms with E-state index in [1.165, 1.54) is 24.3 Å². The second-order valence-corrected chi connectivity index (χ2v) is 5.31. The highest BCUT2D eigenvalue weighted by atomic mass is 19.4. The molecule has 7 nitrogen and oxygen atoms in total. The van der Waals surface area contributed by atoms with Crippen molar-refractivity contribution in [1.82, 2.24) is 9.78 Å². The minimum Gasteiger partial charge on any atom is -0.481 e. The quantitative estimate of drug-likeness (QED) is 0.602. The topological polar surface area (TPSA) is 86.7 Å². The van der Waals surface area contributed by atoms with Crippen LogP contribution in [0.2, 0.25) is 0 Å². The summed E-state index contributed by atoms with van der Waals surface area (Å²) in [7, 11) is 3.33. The van der Waals surface area contributed by atoms with Gasteiger partial charge in [-0.1, -0.05) is 6.92 Å². The van der Waals surface area contributed by atoms with Gasteiger partial charge in [-0.2, -0.15) is 5.10 Å². The highest BCUT2D eigenvalue weighted by Gasteiger charge is 2.30. The van der Waals surface area contributed by atoms with Crippen LogP contribution in [0.3, 0.4) is 0 Å². The number of nitrogens with two attached hydrogens (primary N) is 1. The van der Waals surface area contributed by atoms with Gasteiger partial charge in [0.15, 0.2) is 5.96 Å². The van der Waals surface area contributed by atoms with Crippen LogP contribution in [0.4, 0.5) is 18.9 Å². The third-order valence-electron chi connectivity index (χ3n) is 3.47. The Balaban J connectivity index is 2.05. The Morgan fingerprint density at radius 1 is 1.31 bits per heavy atom. The second kappa shape index (κ2) is 7.98. The normalized spacial score (nSPS) is 12.2. The monoisotopic (exact) mass is 371 g/mol. The molecule has 1 aromatic carbocycles. The van der Waals surface area contributed by atoms with Crippen LogP contribution in [0.1, 0.15) is 18.2 Å². The molecule has 1 aromatic heterocycles. The number of nitrogens with zero attached hydrogens (tertiary/aromatic N) is 3. The molecule has 1 heterocycles. The minimum atomic E-state index is -4.73. The molecule has 0 bridgehead atoms. The average molecular weight is 371 g/mol. The van der Waals surface area contributed by atoms with Crippen LogP contribution in [-0.2, 0) is 20.0 Å². The molecule has 3 N–H and O–H groups in total. The highest BCUT2D eigenvalue weighted by Crippen LogP contribution is 2.24. The van der Waals surface area contributed by atoms with Gasteiger partial charge in [-0.05, 0) is 30.7 Å². The van der Waals surface area contributed by atoms with Gasteiger partial charge in [0.25, 0.3) is 0 Å². The lowest BCUT2D eigenvalue weighted by molar-refractivity contribution is -0.274. The number of nitrogens with one attached hydrogen (secondary N) is 1. The zero-order valence-electron chi connectivity index (χ0n) is 14.6. The smallest absolute Gasteiger partial charge is 0.481 e. The average Bonchev–Trinajstić information content (AvgIpc) is 2.88. The van der Waals surface area contributed by atoms with Crippen molar-refractivity contribution in [2.75, 3.05) is 12.4 Å². The van der Waals surface area contributed by atoms with Gasteiger partial charge in [0.1, 0.15) is 5.75 Å². The molecule has 0 fully saturated rings. The van der Waals surface area contributed by atoms with E-state index in [0.717, 1.165) is 17.7 Å². The summed E-state index contributed by atoms with van der Waals surface area (Å²) >= 11 is 0. The van der Waals surface area contributed by atoms with Crippen molar-refractivity contribution in [2.45, 2.75) is 26.3 Å². The third kappa shape index (κ3) is 5.04. The largest absolute Gasteiger partial charge is 0.573 e. The molecule has 2 aromatic rings. The van der Waals surface area contributed by atoms with Gasteiger partial charge in [-0.15, -0.1) is 13.2 Å². The molecule has 26 heavy (non-hydrogen) atoms. The number of hydrogen-bond acceptors (Lipinski definition) is 4. The number of methoxy groups -OCH3 is 1. The number of hydrogen-bond donors (Lipinski definition) is 2. The van der Waals surface area contributed by atoms with E-state index in [2.05, 4.69) is 20.1 Å². The number of anilines is 1. The lowest BCUT2D eigenvalue weighted by Crippen LogP contribution is -2.22. The Hall–Kier alpha value is -2.91. The number of aliphatic imine (C=N–C) groups is 1. The van der Waals surface area contributed by atoms with E-state index in [9.17, 15) is 13.2 Å². The second-order valence-electron chi connectivity index (χ2n) is 5.31. The van der Waals surface area contributed by atoms with Gasteiger partial charge in [-0.25, -0.2) is 9.67 Å². The molecular formula is C16H20F3N5O2. The van der Waals surface area contributed by atoms with Gasteiger partial charge in [-0.3, -0.25) is 0 Å². The Bertz CT molecular complexity index is 769. The fourth-order valence-corrected chi connectivity index (χ4v) is 2.40. The SMILES string of the molecule is CCc1nn(C)c(OC)c1CN=C(N)Nc1ccc(OC(F)(F)F)cc1. The third-order valence-corrected chi connectivity index (χ3v) is 3.47.